The van der Waals surface area contributed by atoms with Crippen molar-refractivity contribution >= 4 is 50.7 Å². The number of alkyl halides is 3. The summed E-state index contributed by atoms with van der Waals surface area (Å²) in [6, 6.07) is 9.24. The predicted octanol–water partition coefficient (Wildman–Crippen LogP) is 6.19. The summed E-state index contributed by atoms with van der Waals surface area (Å²) in [5.41, 5.74) is 1.56. The molecule has 0 atom stereocenters. The predicted molar refractivity (Wildman–Crippen MR) is 117 cm³/mol. The van der Waals surface area contributed by atoms with Gasteiger partial charge in [0.2, 0.25) is 5.95 Å². The minimum absolute atomic E-state index is 0.267. The molecular formula is C20H13BrF3N5OS. The smallest absolute Gasteiger partial charge is 0.416 e. The van der Waals surface area contributed by atoms with E-state index in [0.29, 0.717) is 28.7 Å². The average Bonchev–Trinajstić information content (AvgIpc) is 3.36. The molecule has 2 aliphatic rings. The van der Waals surface area contributed by atoms with E-state index in [0.717, 1.165) is 17.8 Å². The number of benzene rings is 2. The van der Waals surface area contributed by atoms with Gasteiger partial charge in [-0.25, -0.2) is 4.98 Å². The summed E-state index contributed by atoms with van der Waals surface area (Å²) in [5, 5.41) is 3.06. The fourth-order valence-corrected chi connectivity index (χ4v) is 4.29. The lowest BCUT2D eigenvalue weighted by Gasteiger charge is -2.20. The Hall–Kier alpha value is -3.05. The van der Waals surface area contributed by atoms with Gasteiger partial charge in [-0.15, -0.1) is 0 Å². The van der Waals surface area contributed by atoms with E-state index in [2.05, 4.69) is 35.9 Å². The van der Waals surface area contributed by atoms with Crippen LogP contribution in [-0.4, -0.2) is 14.3 Å². The molecule has 0 bridgehead atoms. The zero-order chi connectivity index (χ0) is 21.6. The second kappa shape index (κ2) is 7.57. The number of hydrogen-bond donors (Lipinski definition) is 3. The lowest BCUT2D eigenvalue weighted by atomic mass is 10.2. The summed E-state index contributed by atoms with van der Waals surface area (Å²) in [6.07, 6.45) is 3.13. The van der Waals surface area contributed by atoms with Crippen LogP contribution in [-0.2, 0) is 6.18 Å². The Kier molecular flexibility index (Phi) is 4.86. The third kappa shape index (κ3) is 3.98. The first-order valence-corrected chi connectivity index (χ1v) is 10.6. The van der Waals surface area contributed by atoms with Crippen LogP contribution in [0.4, 0.5) is 24.8 Å². The van der Waals surface area contributed by atoms with Gasteiger partial charge < -0.3 is 19.8 Å². The Morgan fingerprint density at radius 3 is 2.74 bits per heavy atom. The number of ether oxygens (including phenoxy) is 1. The normalized spacial score (nSPS) is 15.4. The lowest BCUT2D eigenvalue weighted by Crippen LogP contribution is -2.12. The summed E-state index contributed by atoms with van der Waals surface area (Å²) < 4.78 is 50.3. The second-order valence-electron chi connectivity index (χ2n) is 6.63. The van der Waals surface area contributed by atoms with E-state index >= 15 is 0 Å². The largest absolute Gasteiger partial charge is 0.455 e. The topological polar surface area (TPSA) is 65.2 Å². The number of H-pyrrole nitrogens is 1. The van der Waals surface area contributed by atoms with Gasteiger partial charge in [0.25, 0.3) is 0 Å². The number of nitrogens with zero attached hydrogens (tertiary/aromatic N) is 2. The van der Waals surface area contributed by atoms with Crippen LogP contribution in [0.1, 0.15) is 5.56 Å². The number of allylic oxidation sites excluding steroid dienone is 2. The lowest BCUT2D eigenvalue weighted by molar-refractivity contribution is -0.137. The maximum Gasteiger partial charge on any atom is 0.416 e. The number of imidazole rings is 1. The van der Waals surface area contributed by atoms with Crippen LogP contribution < -0.4 is 14.8 Å². The number of nitrogens with one attached hydrogen (secondary N) is 3. The molecule has 3 heterocycles. The van der Waals surface area contributed by atoms with E-state index in [9.17, 15) is 13.2 Å². The van der Waals surface area contributed by atoms with Crippen molar-refractivity contribution < 1.29 is 17.9 Å². The number of rotatable bonds is 4. The molecule has 0 unspecified atom stereocenters. The Balaban J connectivity index is 1.33. The highest BCUT2D eigenvalue weighted by Gasteiger charge is 2.31. The van der Waals surface area contributed by atoms with Crippen molar-refractivity contribution in [3.63, 3.8) is 0 Å². The highest BCUT2D eigenvalue weighted by molar-refractivity contribution is 9.10. The maximum atomic E-state index is 13.0. The molecule has 0 saturated heterocycles. The van der Waals surface area contributed by atoms with E-state index in [-0.39, 0.29) is 9.99 Å². The molecular weight excluding hydrogens is 495 g/mol. The molecule has 31 heavy (non-hydrogen) atoms. The first kappa shape index (κ1) is 19.9. The van der Waals surface area contributed by atoms with Crippen molar-refractivity contribution in [3.05, 3.63) is 82.4 Å². The zero-order valence-corrected chi connectivity index (χ0v) is 17.9. The molecule has 2 aromatic carbocycles. The standard InChI is InChI=1S/C20H13BrF3N5OS/c21-14-8-11(20(22,23)24)9-15-18(14)28-19(27-15)26-12-3-5-13(6-4-12)30-17-2-1-7-29-16(17)10-25-31-29/h1-10,25H,(H2,26,27,28). The first-order valence-electron chi connectivity index (χ1n) is 8.99. The fourth-order valence-electron chi connectivity index (χ4n) is 3.09. The van der Waals surface area contributed by atoms with Crippen LogP contribution >= 0.6 is 28.1 Å². The minimum atomic E-state index is -4.44. The number of halogens is 4. The molecule has 0 fully saturated rings. The van der Waals surface area contributed by atoms with Gasteiger partial charge in [0, 0.05) is 22.6 Å². The number of fused-ring (bicyclic) bond motifs is 2. The quantitative estimate of drug-likeness (QED) is 0.366. The fraction of sp³-hybridized carbons (Fsp3) is 0.0500. The summed E-state index contributed by atoms with van der Waals surface area (Å²) in [5.74, 6) is 1.69. The molecule has 0 radical (unpaired) electrons. The maximum absolute atomic E-state index is 13.0. The molecule has 5 rings (SSSR count). The van der Waals surface area contributed by atoms with Gasteiger partial charge in [0.05, 0.1) is 23.2 Å². The zero-order valence-electron chi connectivity index (χ0n) is 15.5. The summed E-state index contributed by atoms with van der Waals surface area (Å²) >= 11 is 4.61. The molecule has 0 spiro atoms. The van der Waals surface area contributed by atoms with Crippen LogP contribution in [0.3, 0.4) is 0 Å². The Morgan fingerprint density at radius 1 is 1.16 bits per heavy atom. The van der Waals surface area contributed by atoms with Crippen molar-refractivity contribution in [2.24, 2.45) is 0 Å². The van der Waals surface area contributed by atoms with E-state index < -0.39 is 11.7 Å². The highest BCUT2D eigenvalue weighted by atomic mass is 79.9. The first-order chi connectivity index (χ1) is 14.9. The van der Waals surface area contributed by atoms with Crippen LogP contribution in [0.5, 0.6) is 5.75 Å². The van der Waals surface area contributed by atoms with Crippen LogP contribution in [0, 0.1) is 0 Å². The molecule has 11 heteroatoms. The number of aromatic nitrogens is 2. The van der Waals surface area contributed by atoms with Crippen molar-refractivity contribution in [2.45, 2.75) is 6.18 Å². The van der Waals surface area contributed by atoms with E-state index in [4.69, 9.17) is 4.74 Å². The van der Waals surface area contributed by atoms with Crippen molar-refractivity contribution in [2.75, 3.05) is 5.32 Å². The van der Waals surface area contributed by atoms with E-state index in [1.165, 1.54) is 12.1 Å². The van der Waals surface area contributed by atoms with Gasteiger partial charge in [-0.05, 0) is 64.5 Å². The molecule has 3 N–H and O–H groups in total. The van der Waals surface area contributed by atoms with Gasteiger partial charge in [-0.2, -0.15) is 13.2 Å². The van der Waals surface area contributed by atoms with Gasteiger partial charge in [0.15, 0.2) is 5.76 Å². The van der Waals surface area contributed by atoms with Gasteiger partial charge in [-0.1, -0.05) is 0 Å². The number of aromatic amines is 1. The second-order valence-corrected chi connectivity index (χ2v) is 8.29. The molecule has 3 aromatic rings. The molecule has 0 aliphatic carbocycles. The third-order valence-corrected chi connectivity index (χ3v) is 5.86. The molecule has 0 saturated carbocycles. The summed E-state index contributed by atoms with van der Waals surface area (Å²) in [6.45, 7) is 0. The number of hydrogen-bond acceptors (Lipinski definition) is 6. The van der Waals surface area contributed by atoms with Gasteiger partial charge in [-0.3, -0.25) is 4.31 Å². The van der Waals surface area contributed by atoms with Crippen molar-refractivity contribution in [1.82, 2.24) is 19.0 Å². The summed E-state index contributed by atoms with van der Waals surface area (Å²) in [4.78, 5) is 7.21. The van der Waals surface area contributed by atoms with Crippen molar-refractivity contribution in [1.29, 1.82) is 0 Å². The molecule has 1 aromatic heterocycles. The van der Waals surface area contributed by atoms with Crippen molar-refractivity contribution in [3.8, 4) is 5.75 Å². The Bertz CT molecular complexity index is 1250. The number of anilines is 2. The van der Waals surface area contributed by atoms with Gasteiger partial charge in [0.1, 0.15) is 17.0 Å². The highest BCUT2D eigenvalue weighted by Crippen LogP contribution is 2.36. The monoisotopic (exact) mass is 507 g/mol. The van der Waals surface area contributed by atoms with Crippen LogP contribution in [0.2, 0.25) is 0 Å². The van der Waals surface area contributed by atoms with E-state index in [1.807, 2.05) is 28.9 Å². The van der Waals surface area contributed by atoms with Gasteiger partial charge >= 0.3 is 6.18 Å². The molecule has 0 amide bonds. The van der Waals surface area contributed by atoms with Crippen LogP contribution in [0.15, 0.2) is 76.9 Å². The average molecular weight is 508 g/mol. The van der Waals surface area contributed by atoms with Crippen LogP contribution in [0.25, 0.3) is 11.0 Å². The molecule has 6 nitrogen and oxygen atoms in total. The Morgan fingerprint density at radius 2 is 1.97 bits per heavy atom. The third-order valence-electron chi connectivity index (χ3n) is 4.52. The minimum Gasteiger partial charge on any atom is -0.455 e. The Labute approximate surface area is 187 Å². The SMILES string of the molecule is FC(F)(F)c1cc(Br)c2nc(Nc3ccc(OC4=CC=CN5SNC=C45)cc3)[nH]c2c1. The molecule has 158 valence electrons. The van der Waals surface area contributed by atoms with E-state index in [1.54, 1.807) is 24.3 Å². The summed E-state index contributed by atoms with van der Waals surface area (Å²) in [7, 11) is 0. The molecule has 2 aliphatic heterocycles.